The summed E-state index contributed by atoms with van der Waals surface area (Å²) in [5.41, 5.74) is 3.82. The van der Waals surface area contributed by atoms with Gasteiger partial charge >= 0.3 is 5.76 Å². The summed E-state index contributed by atoms with van der Waals surface area (Å²) in [5.74, 6) is -0.273. The summed E-state index contributed by atoms with van der Waals surface area (Å²) in [6.07, 6.45) is 1.10. The number of para-hydroxylation sites is 2. The van der Waals surface area contributed by atoms with E-state index in [4.69, 9.17) is 4.42 Å². The zero-order chi connectivity index (χ0) is 16.7. The van der Waals surface area contributed by atoms with Crippen LogP contribution < -0.4 is 5.76 Å². The lowest BCUT2D eigenvalue weighted by molar-refractivity contribution is 0.301. The van der Waals surface area contributed by atoms with Crippen LogP contribution in [0.2, 0.25) is 0 Å². The molecule has 6 heteroatoms. The minimum absolute atomic E-state index is 0.273. The Bertz CT molecular complexity index is 921. The van der Waals surface area contributed by atoms with Crippen LogP contribution in [0.3, 0.4) is 0 Å². The smallest absolute Gasteiger partial charge is 0.408 e. The van der Waals surface area contributed by atoms with E-state index in [0.29, 0.717) is 18.2 Å². The van der Waals surface area contributed by atoms with Crippen molar-refractivity contribution in [3.8, 4) is 0 Å². The van der Waals surface area contributed by atoms with Gasteiger partial charge in [-0.3, -0.25) is 14.1 Å². The molecule has 3 aromatic rings. The second kappa shape index (κ2) is 5.94. The number of benzene rings is 1. The fourth-order valence-electron chi connectivity index (χ4n) is 3.70. The largest absolute Gasteiger partial charge is 0.419 e. The molecule has 0 bridgehead atoms. The van der Waals surface area contributed by atoms with Gasteiger partial charge in [-0.1, -0.05) is 12.1 Å². The Labute approximate surface area is 140 Å². The Morgan fingerprint density at radius 2 is 2.08 bits per heavy atom. The van der Waals surface area contributed by atoms with E-state index in [0.717, 1.165) is 37.3 Å². The van der Waals surface area contributed by atoms with Gasteiger partial charge < -0.3 is 4.42 Å². The molecule has 0 saturated carbocycles. The van der Waals surface area contributed by atoms with Crippen molar-refractivity contribution < 1.29 is 4.42 Å². The number of fused-ring (bicyclic) bond motifs is 1. The monoisotopic (exact) mass is 326 g/mol. The van der Waals surface area contributed by atoms with Crippen molar-refractivity contribution >= 4 is 11.1 Å². The van der Waals surface area contributed by atoms with Crippen molar-refractivity contribution in [3.05, 3.63) is 52.3 Å². The first-order valence-electron chi connectivity index (χ1n) is 8.45. The van der Waals surface area contributed by atoms with Crippen LogP contribution in [0, 0.1) is 13.8 Å². The van der Waals surface area contributed by atoms with Crippen LogP contribution in [0.15, 0.2) is 39.5 Å². The molecule has 1 aliphatic heterocycles. The minimum Gasteiger partial charge on any atom is -0.408 e. The Morgan fingerprint density at radius 3 is 2.88 bits per heavy atom. The molecule has 3 heterocycles. The summed E-state index contributed by atoms with van der Waals surface area (Å²) in [4.78, 5) is 14.4. The third kappa shape index (κ3) is 2.67. The lowest BCUT2D eigenvalue weighted by Gasteiger charge is -2.17. The van der Waals surface area contributed by atoms with E-state index in [-0.39, 0.29) is 5.76 Å². The lowest BCUT2D eigenvalue weighted by atomic mass is 10.2. The Hall–Kier alpha value is -2.34. The van der Waals surface area contributed by atoms with Crippen LogP contribution in [-0.4, -0.2) is 38.9 Å². The fraction of sp³-hybridized carbons (Fsp3) is 0.444. The SMILES string of the molecule is Cc1cc(C)n([C@H]2CCN(CCn3c(=O)oc4ccccc43)C2)n1. The van der Waals surface area contributed by atoms with E-state index < -0.39 is 0 Å². The molecule has 6 nitrogen and oxygen atoms in total. The highest BCUT2D eigenvalue weighted by molar-refractivity contribution is 5.72. The summed E-state index contributed by atoms with van der Waals surface area (Å²) in [7, 11) is 0. The molecule has 24 heavy (non-hydrogen) atoms. The van der Waals surface area contributed by atoms with Crippen LogP contribution >= 0.6 is 0 Å². The Balaban J connectivity index is 1.44. The summed E-state index contributed by atoms with van der Waals surface area (Å²) < 4.78 is 9.17. The van der Waals surface area contributed by atoms with Gasteiger partial charge in [0.2, 0.25) is 0 Å². The van der Waals surface area contributed by atoms with Crippen LogP contribution in [0.4, 0.5) is 0 Å². The molecule has 1 fully saturated rings. The van der Waals surface area contributed by atoms with E-state index >= 15 is 0 Å². The number of oxazole rings is 1. The maximum atomic E-state index is 12.0. The first-order valence-corrected chi connectivity index (χ1v) is 8.45. The van der Waals surface area contributed by atoms with Crippen molar-refractivity contribution in [2.24, 2.45) is 0 Å². The predicted molar refractivity (Wildman–Crippen MR) is 92.3 cm³/mol. The quantitative estimate of drug-likeness (QED) is 0.738. The Morgan fingerprint density at radius 1 is 1.25 bits per heavy atom. The molecule has 0 radical (unpaired) electrons. The van der Waals surface area contributed by atoms with E-state index in [1.54, 1.807) is 4.57 Å². The van der Waals surface area contributed by atoms with Gasteiger partial charge in [-0.15, -0.1) is 0 Å². The van der Waals surface area contributed by atoms with E-state index in [1.807, 2.05) is 31.2 Å². The average molecular weight is 326 g/mol. The third-order valence-corrected chi connectivity index (χ3v) is 4.85. The van der Waals surface area contributed by atoms with Crippen LogP contribution in [-0.2, 0) is 6.54 Å². The molecule has 0 amide bonds. The molecule has 0 aliphatic carbocycles. The van der Waals surface area contributed by atoms with Gasteiger partial charge in [0, 0.05) is 31.9 Å². The van der Waals surface area contributed by atoms with E-state index in [9.17, 15) is 4.79 Å². The van der Waals surface area contributed by atoms with Gasteiger partial charge in [-0.05, 0) is 38.5 Å². The Kier molecular flexibility index (Phi) is 3.76. The molecule has 0 spiro atoms. The molecule has 1 aromatic carbocycles. The summed E-state index contributed by atoms with van der Waals surface area (Å²) in [6.45, 7) is 7.66. The highest BCUT2D eigenvalue weighted by Gasteiger charge is 2.25. The number of hydrogen-bond donors (Lipinski definition) is 0. The van der Waals surface area contributed by atoms with Crippen molar-refractivity contribution in [2.45, 2.75) is 32.9 Å². The number of hydrogen-bond acceptors (Lipinski definition) is 4. The van der Waals surface area contributed by atoms with E-state index in [2.05, 4.69) is 27.7 Å². The zero-order valence-electron chi connectivity index (χ0n) is 14.1. The molecule has 126 valence electrons. The molecular weight excluding hydrogens is 304 g/mol. The first-order chi connectivity index (χ1) is 11.6. The minimum atomic E-state index is -0.273. The molecule has 0 N–H and O–H groups in total. The number of aryl methyl sites for hydroxylation is 2. The average Bonchev–Trinajstić information content (AvgIpc) is 3.22. The van der Waals surface area contributed by atoms with Crippen LogP contribution in [0.1, 0.15) is 23.9 Å². The van der Waals surface area contributed by atoms with Gasteiger partial charge in [0.15, 0.2) is 5.58 Å². The van der Waals surface area contributed by atoms with Gasteiger partial charge in [-0.2, -0.15) is 5.10 Å². The topological polar surface area (TPSA) is 56.2 Å². The number of nitrogens with zero attached hydrogens (tertiary/aromatic N) is 4. The third-order valence-electron chi connectivity index (χ3n) is 4.85. The van der Waals surface area contributed by atoms with Gasteiger partial charge in [0.1, 0.15) is 0 Å². The highest BCUT2D eigenvalue weighted by Crippen LogP contribution is 2.23. The summed E-state index contributed by atoms with van der Waals surface area (Å²) >= 11 is 0. The summed E-state index contributed by atoms with van der Waals surface area (Å²) in [6, 6.07) is 10.1. The maximum absolute atomic E-state index is 12.0. The molecule has 1 aliphatic rings. The zero-order valence-corrected chi connectivity index (χ0v) is 14.1. The maximum Gasteiger partial charge on any atom is 0.419 e. The van der Waals surface area contributed by atoms with E-state index in [1.165, 1.54) is 5.69 Å². The normalized spacial score (nSPS) is 18.7. The fourth-order valence-corrected chi connectivity index (χ4v) is 3.70. The van der Waals surface area contributed by atoms with Gasteiger partial charge in [0.25, 0.3) is 0 Å². The number of aromatic nitrogens is 3. The second-order valence-corrected chi connectivity index (χ2v) is 6.60. The molecule has 4 rings (SSSR count). The van der Waals surface area contributed by atoms with Crippen molar-refractivity contribution in [1.82, 2.24) is 19.2 Å². The first kappa shape index (κ1) is 15.2. The molecule has 1 saturated heterocycles. The summed E-state index contributed by atoms with van der Waals surface area (Å²) in [5, 5.41) is 4.61. The standard InChI is InChI=1S/C18H22N4O2/c1-13-11-14(2)22(19-13)15-7-8-20(12-15)9-10-21-16-5-3-4-6-17(16)24-18(21)23/h3-6,11,15H,7-10,12H2,1-2H3/t15-/m0/s1. The highest BCUT2D eigenvalue weighted by atomic mass is 16.4. The number of rotatable bonds is 4. The van der Waals surface area contributed by atoms with Crippen molar-refractivity contribution in [3.63, 3.8) is 0 Å². The second-order valence-electron chi connectivity index (χ2n) is 6.60. The van der Waals surface area contributed by atoms with Crippen LogP contribution in [0.5, 0.6) is 0 Å². The van der Waals surface area contributed by atoms with Crippen molar-refractivity contribution in [1.29, 1.82) is 0 Å². The van der Waals surface area contributed by atoms with Crippen LogP contribution in [0.25, 0.3) is 11.1 Å². The number of likely N-dealkylation sites (tertiary alicyclic amines) is 1. The van der Waals surface area contributed by atoms with Gasteiger partial charge in [-0.25, -0.2) is 4.79 Å². The molecule has 1 atom stereocenters. The van der Waals surface area contributed by atoms with Crippen molar-refractivity contribution in [2.75, 3.05) is 19.6 Å². The lowest BCUT2D eigenvalue weighted by Crippen LogP contribution is -2.28. The predicted octanol–water partition coefficient (Wildman–Crippen LogP) is 2.35. The molecule has 0 unspecified atom stereocenters. The molecular formula is C18H22N4O2. The van der Waals surface area contributed by atoms with Gasteiger partial charge in [0.05, 0.1) is 17.3 Å². The molecule has 2 aromatic heterocycles.